The number of anilines is 1. The van der Waals surface area contributed by atoms with E-state index < -0.39 is 10.0 Å². The van der Waals surface area contributed by atoms with Crippen LogP contribution in [0.5, 0.6) is 5.75 Å². The lowest BCUT2D eigenvalue weighted by Gasteiger charge is -2.14. The molecule has 1 N–H and O–H groups in total. The zero-order valence-corrected chi connectivity index (χ0v) is 15.6. The Morgan fingerprint density at radius 2 is 1.92 bits per heavy atom. The van der Waals surface area contributed by atoms with Gasteiger partial charge >= 0.3 is 0 Å². The number of methoxy groups -OCH3 is 1. The fourth-order valence-corrected chi connectivity index (χ4v) is 3.92. The molecule has 0 saturated carbocycles. The number of ether oxygens (including phenoxy) is 1. The zero-order chi connectivity index (χ0) is 18.7. The zero-order valence-electron chi connectivity index (χ0n) is 14.8. The SMILES string of the molecule is CCc1ccccc1NS(=O)(=O)c1ccc(-c2cc(C)no2)cc1OC. The van der Waals surface area contributed by atoms with E-state index in [-0.39, 0.29) is 10.6 Å². The Kier molecular flexibility index (Phi) is 4.99. The molecule has 0 spiro atoms. The lowest BCUT2D eigenvalue weighted by Crippen LogP contribution is -2.15. The Morgan fingerprint density at radius 3 is 2.58 bits per heavy atom. The summed E-state index contributed by atoms with van der Waals surface area (Å²) in [7, 11) is -2.37. The quantitative estimate of drug-likeness (QED) is 0.707. The van der Waals surface area contributed by atoms with Crippen molar-refractivity contribution in [3.63, 3.8) is 0 Å². The van der Waals surface area contributed by atoms with Crippen LogP contribution < -0.4 is 9.46 Å². The highest BCUT2D eigenvalue weighted by Gasteiger charge is 2.21. The van der Waals surface area contributed by atoms with Gasteiger partial charge < -0.3 is 9.26 Å². The molecule has 3 aromatic rings. The molecular formula is C19H20N2O4S. The van der Waals surface area contributed by atoms with Crippen molar-refractivity contribution in [3.05, 3.63) is 59.8 Å². The van der Waals surface area contributed by atoms with Crippen molar-refractivity contribution in [1.29, 1.82) is 0 Å². The van der Waals surface area contributed by atoms with Gasteiger partial charge in [0, 0.05) is 11.6 Å². The molecule has 0 aliphatic rings. The highest BCUT2D eigenvalue weighted by atomic mass is 32.2. The third-order valence-corrected chi connectivity index (χ3v) is 5.41. The second-order valence-corrected chi connectivity index (χ2v) is 7.47. The monoisotopic (exact) mass is 372 g/mol. The first kappa shape index (κ1) is 18.0. The van der Waals surface area contributed by atoms with Crippen LogP contribution in [0.1, 0.15) is 18.2 Å². The number of rotatable bonds is 6. The Morgan fingerprint density at radius 1 is 1.15 bits per heavy atom. The summed E-state index contributed by atoms with van der Waals surface area (Å²) in [5.41, 5.74) is 2.92. The third-order valence-electron chi connectivity index (χ3n) is 4.01. The summed E-state index contributed by atoms with van der Waals surface area (Å²) in [5.74, 6) is 0.784. The van der Waals surface area contributed by atoms with E-state index in [1.807, 2.05) is 26.0 Å². The minimum atomic E-state index is -3.80. The normalized spacial score (nSPS) is 11.3. The lowest BCUT2D eigenvalue weighted by molar-refractivity contribution is 0.402. The van der Waals surface area contributed by atoms with Gasteiger partial charge in [-0.1, -0.05) is 30.3 Å². The number of aromatic nitrogens is 1. The maximum absolute atomic E-state index is 12.9. The number of nitrogens with zero attached hydrogens (tertiary/aromatic N) is 1. The molecule has 0 aliphatic carbocycles. The predicted molar refractivity (Wildman–Crippen MR) is 99.9 cm³/mol. The van der Waals surface area contributed by atoms with Crippen LogP contribution in [-0.2, 0) is 16.4 Å². The number of aryl methyl sites for hydroxylation is 2. The van der Waals surface area contributed by atoms with Crippen LogP contribution in [0.25, 0.3) is 11.3 Å². The Hall–Kier alpha value is -2.80. The summed E-state index contributed by atoms with van der Waals surface area (Å²) in [6.07, 6.45) is 0.722. The Bertz CT molecular complexity index is 1030. The van der Waals surface area contributed by atoms with Crippen LogP contribution in [0.2, 0.25) is 0 Å². The molecule has 26 heavy (non-hydrogen) atoms. The molecule has 1 aromatic heterocycles. The van der Waals surface area contributed by atoms with E-state index in [0.29, 0.717) is 17.0 Å². The molecular weight excluding hydrogens is 352 g/mol. The summed E-state index contributed by atoms with van der Waals surface area (Å²) in [5, 5.41) is 3.85. The van der Waals surface area contributed by atoms with Crippen molar-refractivity contribution in [2.45, 2.75) is 25.2 Å². The van der Waals surface area contributed by atoms with E-state index in [0.717, 1.165) is 17.7 Å². The third kappa shape index (κ3) is 3.57. The maximum atomic E-state index is 12.9. The molecule has 0 amide bonds. The smallest absolute Gasteiger partial charge is 0.265 e. The van der Waals surface area contributed by atoms with Gasteiger partial charge in [0.05, 0.1) is 18.5 Å². The van der Waals surface area contributed by atoms with Crippen LogP contribution in [0, 0.1) is 6.92 Å². The van der Waals surface area contributed by atoms with Crippen molar-refractivity contribution in [3.8, 4) is 17.1 Å². The average molecular weight is 372 g/mol. The molecule has 0 bridgehead atoms. The molecule has 0 atom stereocenters. The van der Waals surface area contributed by atoms with E-state index in [2.05, 4.69) is 9.88 Å². The number of para-hydroxylation sites is 1. The van der Waals surface area contributed by atoms with Crippen LogP contribution in [0.15, 0.2) is 57.9 Å². The van der Waals surface area contributed by atoms with Crippen molar-refractivity contribution in [2.75, 3.05) is 11.8 Å². The van der Waals surface area contributed by atoms with Gasteiger partial charge in [0.2, 0.25) is 0 Å². The number of sulfonamides is 1. The van der Waals surface area contributed by atoms with Crippen molar-refractivity contribution >= 4 is 15.7 Å². The number of nitrogens with one attached hydrogen (secondary N) is 1. The predicted octanol–water partition coefficient (Wildman–Crippen LogP) is 4.02. The van der Waals surface area contributed by atoms with Crippen LogP contribution in [0.4, 0.5) is 5.69 Å². The van der Waals surface area contributed by atoms with Gasteiger partial charge in [0.15, 0.2) is 5.76 Å². The largest absolute Gasteiger partial charge is 0.495 e. The van der Waals surface area contributed by atoms with Gasteiger partial charge in [-0.2, -0.15) is 0 Å². The minimum absolute atomic E-state index is 0.0610. The summed E-state index contributed by atoms with van der Waals surface area (Å²) in [6.45, 7) is 3.79. The van der Waals surface area contributed by atoms with Gasteiger partial charge in [-0.25, -0.2) is 8.42 Å². The van der Waals surface area contributed by atoms with Gasteiger partial charge in [0.1, 0.15) is 10.6 Å². The van der Waals surface area contributed by atoms with Gasteiger partial charge in [-0.05, 0) is 43.2 Å². The molecule has 0 fully saturated rings. The van der Waals surface area contributed by atoms with E-state index in [1.54, 1.807) is 30.3 Å². The van der Waals surface area contributed by atoms with E-state index >= 15 is 0 Å². The fourth-order valence-electron chi connectivity index (χ4n) is 2.67. The van der Waals surface area contributed by atoms with Gasteiger partial charge in [-0.3, -0.25) is 4.72 Å². The minimum Gasteiger partial charge on any atom is -0.495 e. The number of benzene rings is 2. The van der Waals surface area contributed by atoms with E-state index in [9.17, 15) is 8.42 Å². The molecule has 3 rings (SSSR count). The summed E-state index contributed by atoms with van der Waals surface area (Å²) < 4.78 is 38.9. The van der Waals surface area contributed by atoms with Crippen molar-refractivity contribution in [1.82, 2.24) is 5.16 Å². The summed E-state index contributed by atoms with van der Waals surface area (Å²) in [4.78, 5) is 0.0610. The van der Waals surface area contributed by atoms with Crippen molar-refractivity contribution in [2.24, 2.45) is 0 Å². The Balaban J connectivity index is 1.99. The number of hydrogen-bond donors (Lipinski definition) is 1. The molecule has 6 nitrogen and oxygen atoms in total. The first-order valence-corrected chi connectivity index (χ1v) is 9.65. The van der Waals surface area contributed by atoms with Crippen LogP contribution in [0.3, 0.4) is 0 Å². The second-order valence-electron chi connectivity index (χ2n) is 5.81. The standard InChI is InChI=1S/C19H20N2O4S/c1-4-14-7-5-6-8-16(14)21-26(22,23)19-10-9-15(12-18(19)24-3)17-11-13(2)20-25-17/h5-12,21H,4H2,1-3H3. The maximum Gasteiger partial charge on any atom is 0.265 e. The number of hydrogen-bond acceptors (Lipinski definition) is 5. The van der Waals surface area contributed by atoms with Crippen LogP contribution >= 0.6 is 0 Å². The molecule has 7 heteroatoms. The first-order valence-electron chi connectivity index (χ1n) is 8.17. The molecule has 0 saturated heterocycles. The summed E-state index contributed by atoms with van der Waals surface area (Å²) >= 11 is 0. The highest BCUT2D eigenvalue weighted by Crippen LogP contribution is 2.32. The van der Waals surface area contributed by atoms with Crippen LogP contribution in [-0.4, -0.2) is 20.7 Å². The molecule has 0 radical (unpaired) electrons. The average Bonchev–Trinajstić information content (AvgIpc) is 3.07. The lowest BCUT2D eigenvalue weighted by atomic mass is 10.1. The Labute approximate surface area is 152 Å². The van der Waals surface area contributed by atoms with E-state index in [1.165, 1.54) is 13.2 Å². The van der Waals surface area contributed by atoms with Gasteiger partial charge in [0.25, 0.3) is 10.0 Å². The first-order chi connectivity index (χ1) is 12.4. The van der Waals surface area contributed by atoms with Crippen molar-refractivity contribution < 1.29 is 17.7 Å². The molecule has 0 aliphatic heterocycles. The second kappa shape index (κ2) is 7.21. The topological polar surface area (TPSA) is 81.4 Å². The molecule has 0 unspecified atom stereocenters. The molecule has 2 aromatic carbocycles. The molecule has 1 heterocycles. The van der Waals surface area contributed by atoms with E-state index in [4.69, 9.17) is 9.26 Å². The highest BCUT2D eigenvalue weighted by molar-refractivity contribution is 7.92. The molecule has 136 valence electrons. The van der Waals surface area contributed by atoms with Gasteiger partial charge in [-0.15, -0.1) is 0 Å². The fraction of sp³-hybridized carbons (Fsp3) is 0.211. The summed E-state index contributed by atoms with van der Waals surface area (Å²) in [6, 6.07) is 13.9.